The zero-order chi connectivity index (χ0) is 23.5. The smallest absolute Gasteiger partial charge is 0.308 e. The summed E-state index contributed by atoms with van der Waals surface area (Å²) in [5.74, 6) is -0.322. The van der Waals surface area contributed by atoms with Crippen LogP contribution in [0.1, 0.15) is 32.1 Å². The summed E-state index contributed by atoms with van der Waals surface area (Å²) in [6.07, 6.45) is 6.57. The summed E-state index contributed by atoms with van der Waals surface area (Å²) >= 11 is 0. The quantitative estimate of drug-likeness (QED) is 0.465. The molecule has 2 aromatic rings. The van der Waals surface area contributed by atoms with Crippen molar-refractivity contribution in [1.29, 1.82) is 0 Å². The van der Waals surface area contributed by atoms with Gasteiger partial charge in [-0.15, -0.1) is 0 Å². The summed E-state index contributed by atoms with van der Waals surface area (Å²) in [5.41, 5.74) is 0.268. The van der Waals surface area contributed by atoms with Crippen LogP contribution in [0.15, 0.2) is 52.6 Å². The van der Waals surface area contributed by atoms with Gasteiger partial charge < -0.3 is 15.4 Å². The van der Waals surface area contributed by atoms with Crippen molar-refractivity contribution in [3.8, 4) is 0 Å². The molecule has 0 saturated carbocycles. The summed E-state index contributed by atoms with van der Waals surface area (Å²) in [6.45, 7) is 0.359. The predicted molar refractivity (Wildman–Crippen MR) is 122 cm³/mol. The fourth-order valence-electron chi connectivity index (χ4n) is 2.99. The van der Waals surface area contributed by atoms with Crippen molar-refractivity contribution in [2.24, 2.45) is 4.99 Å². The number of nitrogens with zero attached hydrogens (tertiary/aromatic N) is 3. The minimum Gasteiger partial charge on any atom is -0.456 e. The van der Waals surface area contributed by atoms with E-state index < -0.39 is 28.5 Å². The number of carbonyl (C=O) groups excluding carboxylic acids is 2. The van der Waals surface area contributed by atoms with Gasteiger partial charge in [-0.3, -0.25) is 19.3 Å². The third kappa shape index (κ3) is 8.15. The molecule has 33 heavy (non-hydrogen) atoms. The second-order valence-corrected chi connectivity index (χ2v) is 8.91. The molecule has 1 amide bonds. The molecule has 0 spiro atoms. The van der Waals surface area contributed by atoms with E-state index in [1.54, 1.807) is 24.5 Å². The van der Waals surface area contributed by atoms with E-state index in [0.717, 1.165) is 19.3 Å². The Morgan fingerprint density at radius 2 is 1.88 bits per heavy atom. The van der Waals surface area contributed by atoms with Gasteiger partial charge in [0.15, 0.2) is 6.61 Å². The molecule has 1 aliphatic heterocycles. The van der Waals surface area contributed by atoms with E-state index in [4.69, 9.17) is 4.74 Å². The van der Waals surface area contributed by atoms with Gasteiger partial charge in [-0.05, 0) is 37.1 Å². The van der Waals surface area contributed by atoms with Crippen molar-refractivity contribution in [3.63, 3.8) is 0 Å². The molecule has 0 aliphatic carbocycles. The molecule has 1 aromatic carbocycles. The number of amidine groups is 1. The van der Waals surface area contributed by atoms with Gasteiger partial charge in [0.25, 0.3) is 15.9 Å². The number of aliphatic imine (C=N–C) groups is 1. The molecule has 2 heterocycles. The van der Waals surface area contributed by atoms with Crippen molar-refractivity contribution < 1.29 is 22.7 Å². The summed E-state index contributed by atoms with van der Waals surface area (Å²) in [6, 6.07) is 7.50. The lowest BCUT2D eigenvalue weighted by Crippen LogP contribution is -2.30. The first-order valence-electron chi connectivity index (χ1n) is 10.5. The number of anilines is 2. The Morgan fingerprint density at radius 1 is 1.06 bits per heavy atom. The number of carbonyl (C=O) groups is 2. The Labute approximate surface area is 192 Å². The average molecular weight is 475 g/mol. The molecule has 0 radical (unpaired) electrons. The highest BCUT2D eigenvalue weighted by Crippen LogP contribution is 2.16. The van der Waals surface area contributed by atoms with Crippen LogP contribution in [0.3, 0.4) is 0 Å². The number of nitrogens with one attached hydrogen (secondary N) is 3. The van der Waals surface area contributed by atoms with E-state index in [0.29, 0.717) is 24.7 Å². The maximum atomic E-state index is 12.7. The Bertz CT molecular complexity index is 1090. The Hall–Kier alpha value is -3.54. The molecule has 3 N–H and O–H groups in total. The summed E-state index contributed by atoms with van der Waals surface area (Å²) < 4.78 is 32.8. The van der Waals surface area contributed by atoms with Crippen molar-refractivity contribution in [2.45, 2.75) is 37.0 Å². The van der Waals surface area contributed by atoms with Crippen molar-refractivity contribution >= 4 is 39.4 Å². The van der Waals surface area contributed by atoms with Crippen molar-refractivity contribution in [2.75, 3.05) is 30.3 Å². The summed E-state index contributed by atoms with van der Waals surface area (Å²) in [5, 5.41) is 5.39. The number of benzene rings is 1. The zero-order valence-electron chi connectivity index (χ0n) is 18.0. The lowest BCUT2D eigenvalue weighted by molar-refractivity contribution is -0.147. The standard InChI is InChI=1S/C21H26N6O5S/c28-19(15-32-20(29)9-13-25-21-23-11-5-12-24-21)26-16-6-4-7-17(14-16)33(30,31)27-18-8-2-1-3-10-22-18/h4-7,11-12,14H,1-3,8-10,13,15H2,(H,22,27)(H,26,28)(H,23,24,25). The molecule has 0 unspecified atom stereocenters. The molecular weight excluding hydrogens is 448 g/mol. The third-order valence-electron chi connectivity index (χ3n) is 4.60. The van der Waals surface area contributed by atoms with Crippen LogP contribution < -0.4 is 15.4 Å². The van der Waals surface area contributed by atoms with Crippen LogP contribution in [0.2, 0.25) is 0 Å². The molecular formula is C21H26N6O5S. The maximum absolute atomic E-state index is 12.7. The van der Waals surface area contributed by atoms with Gasteiger partial charge in [-0.2, -0.15) is 0 Å². The van der Waals surface area contributed by atoms with Crippen molar-refractivity contribution in [1.82, 2.24) is 14.7 Å². The minimum atomic E-state index is -3.83. The van der Waals surface area contributed by atoms with E-state index in [1.807, 2.05) is 0 Å². The third-order valence-corrected chi connectivity index (χ3v) is 5.98. The zero-order valence-corrected chi connectivity index (χ0v) is 18.8. The van der Waals surface area contributed by atoms with E-state index in [1.165, 1.54) is 18.2 Å². The Balaban J connectivity index is 1.46. The van der Waals surface area contributed by atoms with Crippen LogP contribution in [0.5, 0.6) is 0 Å². The largest absolute Gasteiger partial charge is 0.456 e. The SMILES string of the molecule is O=C(COC(=O)CCNc1ncccn1)Nc1cccc(S(=O)(=O)NC2=NCCCCC2)c1. The van der Waals surface area contributed by atoms with E-state index in [2.05, 4.69) is 30.3 Å². The first kappa shape index (κ1) is 24.1. The lowest BCUT2D eigenvalue weighted by Gasteiger charge is -2.11. The fourth-order valence-corrected chi connectivity index (χ4v) is 4.13. The highest BCUT2D eigenvalue weighted by Gasteiger charge is 2.18. The highest BCUT2D eigenvalue weighted by molar-refractivity contribution is 7.90. The van der Waals surface area contributed by atoms with Gasteiger partial charge >= 0.3 is 5.97 Å². The van der Waals surface area contributed by atoms with Crippen LogP contribution in [0.4, 0.5) is 11.6 Å². The van der Waals surface area contributed by atoms with Gasteiger partial charge in [0.2, 0.25) is 5.95 Å². The number of esters is 1. The van der Waals surface area contributed by atoms with Crippen LogP contribution in [0, 0.1) is 0 Å². The van der Waals surface area contributed by atoms with E-state index in [9.17, 15) is 18.0 Å². The molecule has 12 heteroatoms. The second-order valence-electron chi connectivity index (χ2n) is 7.23. The van der Waals surface area contributed by atoms with Crippen molar-refractivity contribution in [3.05, 3.63) is 42.7 Å². The molecule has 0 saturated heterocycles. The number of ether oxygens (including phenoxy) is 1. The maximum Gasteiger partial charge on any atom is 0.308 e. The molecule has 176 valence electrons. The van der Waals surface area contributed by atoms with Gasteiger partial charge in [-0.25, -0.2) is 18.4 Å². The molecule has 1 aliphatic rings. The van der Waals surface area contributed by atoms with Crippen LogP contribution in [-0.2, 0) is 24.3 Å². The highest BCUT2D eigenvalue weighted by atomic mass is 32.2. The Kier molecular flexibility index (Phi) is 8.70. The van der Waals surface area contributed by atoms with E-state index in [-0.39, 0.29) is 23.5 Å². The van der Waals surface area contributed by atoms with Gasteiger partial charge in [0.1, 0.15) is 5.84 Å². The normalized spacial score (nSPS) is 13.9. The first-order valence-corrected chi connectivity index (χ1v) is 12.0. The number of hydrogen-bond acceptors (Lipinski definition) is 9. The number of hydrogen-bond donors (Lipinski definition) is 3. The lowest BCUT2D eigenvalue weighted by atomic mass is 10.2. The molecule has 1 aromatic heterocycles. The van der Waals surface area contributed by atoms with Gasteiger partial charge in [0, 0.05) is 37.6 Å². The summed E-state index contributed by atoms with van der Waals surface area (Å²) in [4.78, 5) is 36.1. The number of amides is 1. The van der Waals surface area contributed by atoms with Gasteiger partial charge in [-0.1, -0.05) is 12.5 Å². The fraction of sp³-hybridized carbons (Fsp3) is 0.381. The van der Waals surface area contributed by atoms with Crippen LogP contribution >= 0.6 is 0 Å². The topological polar surface area (TPSA) is 152 Å². The minimum absolute atomic E-state index is 0.00144. The monoisotopic (exact) mass is 474 g/mol. The predicted octanol–water partition coefficient (Wildman–Crippen LogP) is 1.71. The summed E-state index contributed by atoms with van der Waals surface area (Å²) in [7, 11) is -3.83. The first-order chi connectivity index (χ1) is 15.9. The number of sulfonamides is 1. The van der Waals surface area contributed by atoms with Gasteiger partial charge in [0.05, 0.1) is 11.3 Å². The molecule has 0 fully saturated rings. The number of aromatic nitrogens is 2. The second kappa shape index (κ2) is 11.9. The van der Waals surface area contributed by atoms with Crippen LogP contribution in [-0.4, -0.2) is 55.8 Å². The molecule has 0 bridgehead atoms. The molecule has 0 atom stereocenters. The molecule has 3 rings (SSSR count). The molecule has 11 nitrogen and oxygen atoms in total. The average Bonchev–Trinajstić information content (AvgIpc) is 3.07. The van der Waals surface area contributed by atoms with Crippen LogP contribution in [0.25, 0.3) is 0 Å². The number of rotatable bonds is 9. The van der Waals surface area contributed by atoms with E-state index >= 15 is 0 Å². The Morgan fingerprint density at radius 3 is 2.70 bits per heavy atom.